The van der Waals surface area contributed by atoms with Gasteiger partial charge < -0.3 is 29.4 Å². The number of aliphatic hydroxyl groups is 3. The van der Waals surface area contributed by atoms with Gasteiger partial charge in [0.2, 0.25) is 0 Å². The maximum absolute atomic E-state index is 13.5. The minimum atomic E-state index is -1.88. The number of ether oxygens (including phenoxy) is 2. The number of benzene rings is 1. The van der Waals surface area contributed by atoms with Crippen LogP contribution in [-0.4, -0.2) is 49.0 Å². The highest BCUT2D eigenvalue weighted by Crippen LogP contribution is 2.68. The van der Waals surface area contributed by atoms with Gasteiger partial charge in [0, 0.05) is 22.9 Å². The van der Waals surface area contributed by atoms with Crippen molar-refractivity contribution in [3.8, 4) is 17.1 Å². The van der Waals surface area contributed by atoms with E-state index in [1.165, 1.54) is 6.42 Å². The third-order valence-electron chi connectivity index (χ3n) is 15.9. The molecule has 5 unspecified atom stereocenters. The highest BCUT2D eigenvalue weighted by Gasteiger charge is 2.63. The zero-order valence-electron chi connectivity index (χ0n) is 32.0. The first kappa shape index (κ1) is 36.1. The summed E-state index contributed by atoms with van der Waals surface area (Å²) in [6, 6.07) is 9.05. The van der Waals surface area contributed by atoms with Crippen LogP contribution in [-0.2, 0) is 33.1 Å². The van der Waals surface area contributed by atoms with Gasteiger partial charge in [-0.1, -0.05) is 27.7 Å². The zero-order chi connectivity index (χ0) is 37.9. The Morgan fingerprint density at radius 2 is 1.81 bits per heavy atom. The molecule has 1 aromatic carbocycles. The average Bonchev–Trinajstić information content (AvgIpc) is 3.69. The van der Waals surface area contributed by atoms with E-state index in [0.29, 0.717) is 71.1 Å². The molecule has 10 nitrogen and oxygen atoms in total. The third-order valence-corrected chi connectivity index (χ3v) is 15.9. The first-order valence-corrected chi connectivity index (χ1v) is 20.4. The van der Waals surface area contributed by atoms with Crippen molar-refractivity contribution < 1.29 is 34.4 Å². The number of aliphatic hydroxyl groups excluding tert-OH is 2. The van der Waals surface area contributed by atoms with Crippen LogP contribution in [0.3, 0.4) is 0 Å². The first-order valence-electron chi connectivity index (χ1n) is 20.4. The lowest BCUT2D eigenvalue weighted by molar-refractivity contribution is -0.174. The summed E-state index contributed by atoms with van der Waals surface area (Å²) in [5.41, 5.74) is 1.45. The second-order valence-corrected chi connectivity index (χ2v) is 18.4. The Bertz CT molecular complexity index is 2110. The van der Waals surface area contributed by atoms with Crippen LogP contribution in [0.25, 0.3) is 22.3 Å². The number of pyridine rings is 2. The van der Waals surface area contributed by atoms with Gasteiger partial charge in [0.1, 0.15) is 12.4 Å². The van der Waals surface area contributed by atoms with E-state index >= 15 is 0 Å². The fraction of sp³-hybridized carbons (Fsp3) is 0.636. The van der Waals surface area contributed by atoms with Crippen molar-refractivity contribution in [2.24, 2.45) is 46.3 Å². The topological polar surface area (TPSA) is 148 Å². The molecule has 288 valence electrons. The van der Waals surface area contributed by atoms with Crippen LogP contribution < -0.4 is 10.3 Å². The van der Waals surface area contributed by atoms with Gasteiger partial charge in [0.05, 0.1) is 41.2 Å². The summed E-state index contributed by atoms with van der Waals surface area (Å²) in [7, 11) is 0. The number of aromatic nitrogens is 2. The molecule has 10 heteroatoms. The quantitative estimate of drug-likeness (QED) is 0.151. The van der Waals surface area contributed by atoms with Gasteiger partial charge in [-0.05, 0) is 141 Å². The molecule has 0 saturated heterocycles. The van der Waals surface area contributed by atoms with Crippen molar-refractivity contribution >= 4 is 22.8 Å². The molecule has 4 saturated carbocycles. The summed E-state index contributed by atoms with van der Waals surface area (Å²) in [4.78, 5) is 44.2. The first-order chi connectivity index (χ1) is 25.7. The molecule has 2 aliphatic heterocycles. The fourth-order valence-electron chi connectivity index (χ4n) is 12.9. The number of fused-ring (bicyclic) bond motifs is 10. The second kappa shape index (κ2) is 12.7. The lowest BCUT2D eigenvalue weighted by Crippen LogP contribution is -2.58. The van der Waals surface area contributed by atoms with Crippen LogP contribution in [0, 0.1) is 46.3 Å². The average molecular weight is 739 g/mol. The molecule has 54 heavy (non-hydrogen) atoms. The van der Waals surface area contributed by atoms with E-state index in [0.717, 1.165) is 62.3 Å². The smallest absolute Gasteiger partial charge is 0.343 e. The normalized spacial score (nSPS) is 36.9. The van der Waals surface area contributed by atoms with Gasteiger partial charge in [-0.15, -0.1) is 0 Å². The predicted molar refractivity (Wildman–Crippen MR) is 201 cm³/mol. The van der Waals surface area contributed by atoms with Crippen molar-refractivity contribution in [2.75, 3.05) is 0 Å². The maximum atomic E-state index is 13.5. The van der Waals surface area contributed by atoms with Crippen LogP contribution in [0.4, 0.5) is 0 Å². The summed E-state index contributed by atoms with van der Waals surface area (Å²) in [5.74, 6) is 2.06. The van der Waals surface area contributed by atoms with E-state index in [2.05, 4.69) is 20.8 Å². The minimum absolute atomic E-state index is 0.0832. The molecular weight excluding hydrogens is 684 g/mol. The molecule has 0 amide bonds. The molecule has 2 aromatic heterocycles. The number of nitrogens with zero attached hydrogens (tertiary/aromatic N) is 2. The van der Waals surface area contributed by atoms with Gasteiger partial charge in [0.25, 0.3) is 5.56 Å². The SMILES string of the molecule is CC[C@@]1(O)C(=O)OCc2c1cc1n(c2=O)Cc2cc3cc(OC(=O)CC[C@@H](C)C4CCC5C6C(CC[C@@]54C)[C@@]4(C)CC[C@@H](O)CC4C[C@H]6O)ccc3nc2-1. The third kappa shape index (κ3) is 5.29. The summed E-state index contributed by atoms with van der Waals surface area (Å²) < 4.78 is 12.7. The molecule has 4 heterocycles. The molecule has 4 aliphatic carbocycles. The number of esters is 2. The van der Waals surface area contributed by atoms with Gasteiger partial charge in [-0.3, -0.25) is 9.59 Å². The molecule has 0 bridgehead atoms. The largest absolute Gasteiger partial charge is 0.458 e. The highest BCUT2D eigenvalue weighted by atomic mass is 16.6. The Morgan fingerprint density at radius 3 is 2.61 bits per heavy atom. The number of rotatable bonds is 6. The molecule has 0 radical (unpaired) electrons. The van der Waals surface area contributed by atoms with Crippen molar-refractivity contribution in [3.05, 3.63) is 57.4 Å². The van der Waals surface area contributed by atoms with Crippen LogP contribution in [0.1, 0.15) is 115 Å². The van der Waals surface area contributed by atoms with Crippen LogP contribution in [0.2, 0.25) is 0 Å². The number of hydrogen-bond donors (Lipinski definition) is 3. The molecule has 4 fully saturated rings. The lowest BCUT2D eigenvalue weighted by Gasteiger charge is -2.62. The highest BCUT2D eigenvalue weighted by molar-refractivity contribution is 5.87. The zero-order valence-corrected chi connectivity index (χ0v) is 32.0. The number of hydrogen-bond acceptors (Lipinski definition) is 9. The van der Waals surface area contributed by atoms with Crippen molar-refractivity contribution in [1.29, 1.82) is 0 Å². The van der Waals surface area contributed by atoms with Gasteiger partial charge in [-0.2, -0.15) is 0 Å². The lowest BCUT2D eigenvalue weighted by atomic mass is 9.43. The molecule has 6 aliphatic rings. The van der Waals surface area contributed by atoms with Gasteiger partial charge in [0.15, 0.2) is 5.60 Å². The van der Waals surface area contributed by atoms with E-state index in [1.54, 1.807) is 23.6 Å². The fourth-order valence-corrected chi connectivity index (χ4v) is 12.9. The summed E-state index contributed by atoms with van der Waals surface area (Å²) in [6.07, 6.45) is 8.84. The Labute approximate surface area is 316 Å². The van der Waals surface area contributed by atoms with Crippen LogP contribution in [0.5, 0.6) is 5.75 Å². The maximum Gasteiger partial charge on any atom is 0.343 e. The molecule has 3 aromatic rings. The molecule has 11 atom stereocenters. The Kier molecular flexibility index (Phi) is 8.49. The standard InChI is InChI=1S/C44H54N2O8/c1-5-44(52)33-20-35-39-25(21-46(35)40(50)29(33)22-53-41(44)51)16-24-17-28(7-10-34(24)45-39)54-37(49)11-6-23(2)30-8-9-31-38-32(13-15-43(30,31)4)42(3)14-12-27(47)18-26(42)19-36(38)48/h7,10,16-17,20,23,26-27,30-32,36,38,47-48,52H,5-6,8-9,11-15,18-19,21-22H2,1-4H3/t23-,26?,27-,30?,31?,32?,36-,38?,42+,43-,44+/m1/s1. The van der Waals surface area contributed by atoms with Gasteiger partial charge >= 0.3 is 11.9 Å². The van der Waals surface area contributed by atoms with Crippen molar-refractivity contribution in [1.82, 2.24) is 9.55 Å². The molecule has 0 spiro atoms. The predicted octanol–water partition coefficient (Wildman–Crippen LogP) is 6.39. The monoisotopic (exact) mass is 738 g/mol. The Balaban J connectivity index is 0.867. The minimum Gasteiger partial charge on any atom is -0.458 e. The number of carbonyl (C=O) groups is 2. The molecule has 3 N–H and O–H groups in total. The van der Waals surface area contributed by atoms with Crippen LogP contribution in [0.15, 0.2) is 35.1 Å². The Morgan fingerprint density at radius 1 is 1.04 bits per heavy atom. The van der Waals surface area contributed by atoms with Gasteiger partial charge in [-0.25, -0.2) is 9.78 Å². The summed E-state index contributed by atoms with van der Waals surface area (Å²) >= 11 is 0. The van der Waals surface area contributed by atoms with E-state index in [1.807, 2.05) is 18.2 Å². The molecule has 9 rings (SSSR count). The van der Waals surface area contributed by atoms with E-state index in [9.17, 15) is 29.7 Å². The van der Waals surface area contributed by atoms with Crippen molar-refractivity contribution in [3.63, 3.8) is 0 Å². The van der Waals surface area contributed by atoms with Crippen LogP contribution >= 0.6 is 0 Å². The summed E-state index contributed by atoms with van der Waals surface area (Å²) in [5, 5.41) is 34.0. The Hall–Kier alpha value is -3.60. The van der Waals surface area contributed by atoms with Crippen molar-refractivity contribution in [2.45, 2.75) is 129 Å². The van der Waals surface area contributed by atoms with E-state index < -0.39 is 11.6 Å². The van der Waals surface area contributed by atoms with E-state index in [4.69, 9.17) is 14.5 Å². The summed E-state index contributed by atoms with van der Waals surface area (Å²) in [6.45, 7) is 9.03. The van der Waals surface area contributed by atoms with E-state index in [-0.39, 0.29) is 58.7 Å². The number of cyclic esters (lactones) is 1. The second-order valence-electron chi connectivity index (χ2n) is 18.4. The number of carbonyl (C=O) groups excluding carboxylic acids is 2. The molecular formula is C44H54N2O8.